The second kappa shape index (κ2) is 8.63. The lowest BCUT2D eigenvalue weighted by Gasteiger charge is -2.30. The zero-order valence-corrected chi connectivity index (χ0v) is 17.5. The van der Waals surface area contributed by atoms with E-state index in [-0.39, 0.29) is 0 Å². The summed E-state index contributed by atoms with van der Waals surface area (Å²) in [6.45, 7) is 0. The Morgan fingerprint density at radius 3 is 2.04 bits per heavy atom. The summed E-state index contributed by atoms with van der Waals surface area (Å²) in [5.41, 5.74) is 2.09. The molecular weight excluding hydrogens is 446 g/mol. The summed E-state index contributed by atoms with van der Waals surface area (Å²) >= 11 is 9.50. The van der Waals surface area contributed by atoms with Crippen LogP contribution in [-0.2, 0) is 19.1 Å². The van der Waals surface area contributed by atoms with Crippen molar-refractivity contribution in [3.8, 4) is 0 Å². The van der Waals surface area contributed by atoms with Gasteiger partial charge in [0.2, 0.25) is 0 Å². The number of ether oxygens (including phenoxy) is 2. The summed E-state index contributed by atoms with van der Waals surface area (Å²) in [5, 5.41) is 0.536. The van der Waals surface area contributed by atoms with E-state index in [1.165, 1.54) is 14.2 Å². The number of carbonyl (C=O) groups excluding carboxylic acids is 2. The average molecular weight is 463 g/mol. The molecule has 0 aliphatic carbocycles. The van der Waals surface area contributed by atoms with Crippen molar-refractivity contribution in [2.75, 3.05) is 19.1 Å². The van der Waals surface area contributed by atoms with Gasteiger partial charge in [0.05, 0.1) is 31.3 Å². The molecule has 0 radical (unpaired) electrons. The van der Waals surface area contributed by atoms with Gasteiger partial charge in [-0.15, -0.1) is 0 Å². The largest absolute Gasteiger partial charge is 0.466 e. The van der Waals surface area contributed by atoms with Crippen molar-refractivity contribution in [1.29, 1.82) is 0 Å². The van der Waals surface area contributed by atoms with E-state index >= 15 is 0 Å². The summed E-state index contributed by atoms with van der Waals surface area (Å²) in [6.07, 6.45) is 3.30. The van der Waals surface area contributed by atoms with E-state index in [9.17, 15) is 9.59 Å². The second-order valence-electron chi connectivity index (χ2n) is 6.02. The van der Waals surface area contributed by atoms with Crippen molar-refractivity contribution < 1.29 is 19.1 Å². The highest BCUT2D eigenvalue weighted by Gasteiger charge is 2.35. The number of esters is 2. The Hall–Kier alpha value is -2.57. The lowest BCUT2D eigenvalue weighted by Crippen LogP contribution is -2.28. The molecule has 1 aliphatic heterocycles. The van der Waals surface area contributed by atoms with E-state index in [4.69, 9.17) is 21.1 Å². The SMILES string of the molecule is COC(=O)C1=CN(c2cccc(Cl)c2)C=C(C(=O)OC)C1c1ccc(Br)cc1. The Bertz CT molecular complexity index is 935. The Labute approximate surface area is 176 Å². The monoisotopic (exact) mass is 461 g/mol. The summed E-state index contributed by atoms with van der Waals surface area (Å²) in [7, 11) is 2.61. The minimum absolute atomic E-state index is 0.313. The van der Waals surface area contributed by atoms with Gasteiger partial charge >= 0.3 is 11.9 Å². The van der Waals surface area contributed by atoms with Gasteiger partial charge < -0.3 is 14.4 Å². The smallest absolute Gasteiger partial charge is 0.336 e. The number of halogens is 2. The summed E-state index contributed by atoms with van der Waals surface area (Å²) in [5.74, 6) is -1.69. The molecule has 0 N–H and O–H groups in total. The molecule has 0 bridgehead atoms. The first-order valence-corrected chi connectivity index (χ1v) is 9.51. The molecule has 0 fully saturated rings. The van der Waals surface area contributed by atoms with Crippen LogP contribution in [0.5, 0.6) is 0 Å². The Balaban J connectivity index is 2.17. The molecule has 0 atom stereocenters. The second-order valence-corrected chi connectivity index (χ2v) is 7.38. The molecule has 1 heterocycles. The fourth-order valence-electron chi connectivity index (χ4n) is 3.03. The summed E-state index contributed by atoms with van der Waals surface area (Å²) in [6, 6.07) is 14.5. The van der Waals surface area contributed by atoms with Crippen LogP contribution in [0.2, 0.25) is 5.02 Å². The quantitative estimate of drug-likeness (QED) is 0.610. The lowest BCUT2D eigenvalue weighted by molar-refractivity contribution is -0.137. The Kier molecular flexibility index (Phi) is 6.21. The van der Waals surface area contributed by atoms with Crippen LogP contribution in [0.4, 0.5) is 5.69 Å². The fraction of sp³-hybridized carbons (Fsp3) is 0.143. The standard InChI is InChI=1S/C21H17BrClNO4/c1-27-20(25)17-11-24(16-5-3-4-15(23)10-16)12-18(21(26)28-2)19(17)13-6-8-14(22)9-7-13/h3-12,19H,1-2H3. The van der Waals surface area contributed by atoms with E-state index in [1.54, 1.807) is 35.5 Å². The molecule has 3 rings (SSSR count). The topological polar surface area (TPSA) is 55.8 Å². The third-order valence-corrected chi connectivity index (χ3v) is 5.09. The van der Waals surface area contributed by atoms with E-state index in [0.29, 0.717) is 21.9 Å². The molecule has 28 heavy (non-hydrogen) atoms. The third kappa shape index (κ3) is 4.13. The van der Waals surface area contributed by atoms with Gasteiger partial charge in [-0.3, -0.25) is 0 Å². The van der Waals surface area contributed by atoms with Gasteiger partial charge in [0, 0.05) is 27.6 Å². The first kappa shape index (κ1) is 20.2. The van der Waals surface area contributed by atoms with Gasteiger partial charge in [0.25, 0.3) is 0 Å². The van der Waals surface area contributed by atoms with Gasteiger partial charge in [0.1, 0.15) is 0 Å². The van der Waals surface area contributed by atoms with Crippen molar-refractivity contribution >= 4 is 45.2 Å². The van der Waals surface area contributed by atoms with E-state index in [1.807, 2.05) is 30.3 Å². The van der Waals surface area contributed by atoms with Crippen molar-refractivity contribution in [3.63, 3.8) is 0 Å². The lowest BCUT2D eigenvalue weighted by atomic mass is 9.83. The molecule has 0 saturated carbocycles. The normalized spacial score (nSPS) is 14.2. The van der Waals surface area contributed by atoms with Crippen LogP contribution in [-0.4, -0.2) is 26.2 Å². The molecule has 1 aliphatic rings. The minimum atomic E-state index is -0.622. The maximum Gasteiger partial charge on any atom is 0.336 e. The van der Waals surface area contributed by atoms with Crippen LogP contribution in [0, 0.1) is 0 Å². The fourth-order valence-corrected chi connectivity index (χ4v) is 3.48. The van der Waals surface area contributed by atoms with Crippen molar-refractivity contribution in [2.45, 2.75) is 5.92 Å². The molecule has 2 aromatic carbocycles. The molecule has 7 heteroatoms. The van der Waals surface area contributed by atoms with Crippen LogP contribution in [0.25, 0.3) is 0 Å². The van der Waals surface area contributed by atoms with Crippen LogP contribution >= 0.6 is 27.5 Å². The average Bonchev–Trinajstić information content (AvgIpc) is 2.72. The van der Waals surface area contributed by atoms with E-state index in [0.717, 1.165) is 10.0 Å². The van der Waals surface area contributed by atoms with Crippen LogP contribution in [0.1, 0.15) is 11.5 Å². The van der Waals surface area contributed by atoms with Gasteiger partial charge in [-0.25, -0.2) is 9.59 Å². The van der Waals surface area contributed by atoms with Gasteiger partial charge in [0.15, 0.2) is 0 Å². The van der Waals surface area contributed by atoms with Crippen LogP contribution in [0.15, 0.2) is 76.5 Å². The molecule has 0 amide bonds. The summed E-state index contributed by atoms with van der Waals surface area (Å²) in [4.78, 5) is 26.8. The Morgan fingerprint density at radius 1 is 0.964 bits per heavy atom. The number of rotatable bonds is 4. The maximum absolute atomic E-state index is 12.6. The number of anilines is 1. The molecule has 0 spiro atoms. The van der Waals surface area contributed by atoms with Crippen molar-refractivity contribution in [1.82, 2.24) is 0 Å². The highest BCUT2D eigenvalue weighted by Crippen LogP contribution is 2.39. The molecular formula is C21H17BrClNO4. The van der Waals surface area contributed by atoms with E-state index < -0.39 is 17.9 Å². The van der Waals surface area contributed by atoms with Crippen molar-refractivity contribution in [3.05, 3.63) is 87.1 Å². The summed E-state index contributed by atoms with van der Waals surface area (Å²) < 4.78 is 10.9. The first-order valence-electron chi connectivity index (χ1n) is 8.34. The van der Waals surface area contributed by atoms with E-state index in [2.05, 4.69) is 15.9 Å². The number of benzene rings is 2. The third-order valence-electron chi connectivity index (χ3n) is 4.33. The van der Waals surface area contributed by atoms with Gasteiger partial charge in [-0.2, -0.15) is 0 Å². The molecule has 2 aromatic rings. The molecule has 0 saturated heterocycles. The van der Waals surface area contributed by atoms with Gasteiger partial charge in [-0.05, 0) is 35.9 Å². The van der Waals surface area contributed by atoms with Gasteiger partial charge in [-0.1, -0.05) is 45.7 Å². The van der Waals surface area contributed by atoms with Crippen LogP contribution < -0.4 is 4.90 Å². The predicted octanol–water partition coefficient (Wildman–Crippen LogP) is 4.82. The first-order chi connectivity index (χ1) is 13.4. The zero-order valence-electron chi connectivity index (χ0n) is 15.2. The number of carbonyl (C=O) groups is 2. The number of methoxy groups -OCH3 is 2. The predicted molar refractivity (Wildman–Crippen MR) is 111 cm³/mol. The molecule has 5 nitrogen and oxygen atoms in total. The number of nitrogens with zero attached hydrogens (tertiary/aromatic N) is 1. The molecule has 144 valence electrons. The number of hydrogen-bond acceptors (Lipinski definition) is 5. The van der Waals surface area contributed by atoms with Crippen molar-refractivity contribution in [2.24, 2.45) is 0 Å². The molecule has 0 unspecified atom stereocenters. The van der Waals surface area contributed by atoms with Crippen LogP contribution in [0.3, 0.4) is 0 Å². The number of hydrogen-bond donors (Lipinski definition) is 0. The highest BCUT2D eigenvalue weighted by molar-refractivity contribution is 9.10. The minimum Gasteiger partial charge on any atom is -0.466 e. The zero-order chi connectivity index (χ0) is 20.3. The highest BCUT2D eigenvalue weighted by atomic mass is 79.9. The Morgan fingerprint density at radius 2 is 1.54 bits per heavy atom. The molecule has 0 aromatic heterocycles. The maximum atomic E-state index is 12.6.